The number of benzene rings is 2. The van der Waals surface area contributed by atoms with Gasteiger partial charge in [0.1, 0.15) is 0 Å². The van der Waals surface area contributed by atoms with Gasteiger partial charge in [0, 0.05) is 20.8 Å². The summed E-state index contributed by atoms with van der Waals surface area (Å²) < 4.78 is 1.23. The van der Waals surface area contributed by atoms with E-state index in [2.05, 4.69) is 24.3 Å². The zero-order chi connectivity index (χ0) is 12.5. The minimum Gasteiger partial charge on any atom is -0.399 e. The number of nitriles is 1. The van der Waals surface area contributed by atoms with Crippen molar-refractivity contribution in [1.82, 2.24) is 0 Å². The summed E-state index contributed by atoms with van der Waals surface area (Å²) in [7, 11) is 0. The summed E-state index contributed by atoms with van der Waals surface area (Å²) in [6.45, 7) is 0. The maximum atomic E-state index is 9.18. The van der Waals surface area contributed by atoms with E-state index in [-0.39, 0.29) is 0 Å². The van der Waals surface area contributed by atoms with Crippen LogP contribution in [0.1, 0.15) is 5.56 Å². The number of thiophene rings is 1. The molecule has 1 aromatic heterocycles. The molecule has 0 saturated heterocycles. The van der Waals surface area contributed by atoms with Crippen LogP contribution >= 0.6 is 11.3 Å². The average molecular weight is 250 g/mol. The van der Waals surface area contributed by atoms with Crippen LogP contribution in [0.25, 0.3) is 20.5 Å². The van der Waals surface area contributed by atoms with Crippen LogP contribution in [0.15, 0.2) is 48.5 Å². The second kappa shape index (κ2) is 4.17. The summed E-state index contributed by atoms with van der Waals surface area (Å²) in [5.41, 5.74) is 7.91. The van der Waals surface area contributed by atoms with Gasteiger partial charge in [-0.1, -0.05) is 24.3 Å². The summed E-state index contributed by atoms with van der Waals surface area (Å²) in [5.74, 6) is 0. The van der Waals surface area contributed by atoms with Crippen LogP contribution in [-0.4, -0.2) is 0 Å². The van der Waals surface area contributed by atoms with Gasteiger partial charge >= 0.3 is 0 Å². The van der Waals surface area contributed by atoms with Gasteiger partial charge in [0.15, 0.2) is 0 Å². The SMILES string of the molecule is N#Cc1cc(N)ccc1-c1cc2ccccc2s1. The summed E-state index contributed by atoms with van der Waals surface area (Å²) in [5, 5.41) is 10.4. The Hall–Kier alpha value is -2.31. The summed E-state index contributed by atoms with van der Waals surface area (Å²) >= 11 is 1.69. The van der Waals surface area contributed by atoms with Crippen LogP contribution in [0.2, 0.25) is 0 Å². The third kappa shape index (κ3) is 1.73. The Kier molecular flexibility index (Phi) is 2.51. The van der Waals surface area contributed by atoms with Gasteiger partial charge in [-0.05, 0) is 29.7 Å². The minimum atomic E-state index is 0.622. The van der Waals surface area contributed by atoms with Crippen molar-refractivity contribution in [3.05, 3.63) is 54.1 Å². The van der Waals surface area contributed by atoms with Crippen LogP contribution in [0.5, 0.6) is 0 Å². The molecule has 3 aromatic rings. The molecule has 0 saturated carbocycles. The molecule has 0 bridgehead atoms. The van der Waals surface area contributed by atoms with E-state index in [4.69, 9.17) is 5.73 Å². The Morgan fingerprint density at radius 1 is 1.06 bits per heavy atom. The lowest BCUT2D eigenvalue weighted by atomic mass is 10.1. The van der Waals surface area contributed by atoms with Crippen LogP contribution in [0, 0.1) is 11.3 Å². The average Bonchev–Trinajstić information content (AvgIpc) is 2.82. The highest BCUT2D eigenvalue weighted by Crippen LogP contribution is 2.35. The number of hydrogen-bond donors (Lipinski definition) is 1. The summed E-state index contributed by atoms with van der Waals surface area (Å²) in [6, 6.07) is 18.0. The molecule has 86 valence electrons. The number of nitrogens with two attached hydrogens (primary N) is 1. The standard InChI is InChI=1S/C15H10N2S/c16-9-11-7-12(17)5-6-13(11)15-8-10-3-1-2-4-14(10)18-15/h1-8H,17H2. The first-order valence-electron chi connectivity index (χ1n) is 5.56. The highest BCUT2D eigenvalue weighted by molar-refractivity contribution is 7.22. The molecule has 2 nitrogen and oxygen atoms in total. The molecule has 0 aliphatic rings. The van der Waals surface area contributed by atoms with Gasteiger partial charge in [0.05, 0.1) is 11.6 Å². The molecule has 0 amide bonds. The molecule has 0 radical (unpaired) electrons. The van der Waals surface area contributed by atoms with Crippen molar-refractivity contribution in [3.63, 3.8) is 0 Å². The first-order chi connectivity index (χ1) is 8.78. The lowest BCUT2D eigenvalue weighted by Gasteiger charge is -2.01. The fourth-order valence-corrected chi connectivity index (χ4v) is 3.09. The van der Waals surface area contributed by atoms with E-state index < -0.39 is 0 Å². The minimum absolute atomic E-state index is 0.622. The van der Waals surface area contributed by atoms with E-state index in [1.165, 1.54) is 10.1 Å². The molecule has 2 N–H and O–H groups in total. The van der Waals surface area contributed by atoms with Crippen LogP contribution in [0.4, 0.5) is 5.69 Å². The van der Waals surface area contributed by atoms with Crippen LogP contribution in [0.3, 0.4) is 0 Å². The Morgan fingerprint density at radius 2 is 1.89 bits per heavy atom. The zero-order valence-corrected chi connectivity index (χ0v) is 10.4. The molecule has 0 spiro atoms. The summed E-state index contributed by atoms with van der Waals surface area (Å²) in [4.78, 5) is 1.10. The molecule has 3 heteroatoms. The largest absolute Gasteiger partial charge is 0.399 e. The van der Waals surface area contributed by atoms with Gasteiger partial charge in [-0.3, -0.25) is 0 Å². The van der Waals surface area contributed by atoms with Gasteiger partial charge in [0.2, 0.25) is 0 Å². The maximum Gasteiger partial charge on any atom is 0.0999 e. The van der Waals surface area contributed by atoms with Crippen molar-refractivity contribution < 1.29 is 0 Å². The van der Waals surface area contributed by atoms with Crippen molar-refractivity contribution in [2.75, 3.05) is 5.73 Å². The first kappa shape index (κ1) is 10.8. The van der Waals surface area contributed by atoms with Crippen molar-refractivity contribution in [3.8, 4) is 16.5 Å². The molecule has 0 aliphatic carbocycles. The normalized spacial score (nSPS) is 10.4. The Bertz CT molecular complexity index is 733. The van der Waals surface area contributed by atoms with E-state index in [0.717, 1.165) is 10.4 Å². The van der Waals surface area contributed by atoms with Crippen molar-refractivity contribution in [2.24, 2.45) is 0 Å². The van der Waals surface area contributed by atoms with Crippen LogP contribution in [-0.2, 0) is 0 Å². The van der Waals surface area contributed by atoms with E-state index in [1.54, 1.807) is 17.4 Å². The Morgan fingerprint density at radius 3 is 2.67 bits per heavy atom. The smallest absolute Gasteiger partial charge is 0.0999 e. The number of anilines is 1. The molecule has 1 heterocycles. The number of rotatable bonds is 1. The van der Waals surface area contributed by atoms with Gasteiger partial charge in [-0.15, -0.1) is 11.3 Å². The monoisotopic (exact) mass is 250 g/mol. The summed E-state index contributed by atoms with van der Waals surface area (Å²) in [6.07, 6.45) is 0. The van der Waals surface area contributed by atoms with Crippen LogP contribution < -0.4 is 5.73 Å². The molecular weight excluding hydrogens is 240 g/mol. The lowest BCUT2D eigenvalue weighted by Crippen LogP contribution is -1.87. The highest BCUT2D eigenvalue weighted by atomic mass is 32.1. The van der Waals surface area contributed by atoms with Crippen molar-refractivity contribution >= 4 is 27.1 Å². The molecule has 3 rings (SSSR count). The predicted molar refractivity (Wildman–Crippen MR) is 76.4 cm³/mol. The molecule has 0 atom stereocenters. The topological polar surface area (TPSA) is 49.8 Å². The number of hydrogen-bond acceptors (Lipinski definition) is 3. The van der Waals surface area contributed by atoms with Gasteiger partial charge in [-0.2, -0.15) is 5.26 Å². The third-order valence-corrected chi connectivity index (χ3v) is 4.00. The molecular formula is C15H10N2S. The fourth-order valence-electron chi connectivity index (χ4n) is 1.98. The lowest BCUT2D eigenvalue weighted by molar-refractivity contribution is 1.49. The van der Waals surface area contributed by atoms with Crippen molar-refractivity contribution in [2.45, 2.75) is 0 Å². The van der Waals surface area contributed by atoms with E-state index >= 15 is 0 Å². The third-order valence-electron chi connectivity index (χ3n) is 2.86. The van der Waals surface area contributed by atoms with Gasteiger partial charge in [-0.25, -0.2) is 0 Å². The maximum absolute atomic E-state index is 9.18. The number of fused-ring (bicyclic) bond motifs is 1. The molecule has 0 unspecified atom stereocenters. The van der Waals surface area contributed by atoms with Gasteiger partial charge in [0.25, 0.3) is 0 Å². The molecule has 2 aromatic carbocycles. The second-order valence-corrected chi connectivity index (χ2v) is 5.15. The highest BCUT2D eigenvalue weighted by Gasteiger charge is 2.08. The Labute approximate surface area is 109 Å². The number of nitrogen functional groups attached to an aromatic ring is 1. The van der Waals surface area contributed by atoms with Gasteiger partial charge < -0.3 is 5.73 Å². The Balaban J connectivity index is 2.23. The second-order valence-electron chi connectivity index (χ2n) is 4.07. The molecule has 0 aliphatic heterocycles. The quantitative estimate of drug-likeness (QED) is 0.663. The molecule has 0 fully saturated rings. The fraction of sp³-hybridized carbons (Fsp3) is 0. The predicted octanol–water partition coefficient (Wildman–Crippen LogP) is 4.02. The first-order valence-corrected chi connectivity index (χ1v) is 6.38. The zero-order valence-electron chi connectivity index (χ0n) is 9.55. The number of nitrogens with zero attached hydrogens (tertiary/aromatic N) is 1. The van der Waals surface area contributed by atoms with Crippen molar-refractivity contribution in [1.29, 1.82) is 5.26 Å². The molecule has 18 heavy (non-hydrogen) atoms. The van der Waals surface area contributed by atoms with E-state index in [1.807, 2.05) is 24.3 Å². The van der Waals surface area contributed by atoms with E-state index in [9.17, 15) is 5.26 Å². The van der Waals surface area contributed by atoms with E-state index in [0.29, 0.717) is 11.3 Å².